The second-order valence-corrected chi connectivity index (χ2v) is 17.9. The number of aromatic nitrogens is 5. The van der Waals surface area contributed by atoms with E-state index < -0.39 is 11.8 Å². The number of imide groups is 1. The van der Waals surface area contributed by atoms with E-state index >= 15 is 4.39 Å². The number of aryl methyl sites for hydroxylation is 1. The van der Waals surface area contributed by atoms with Crippen LogP contribution in [0.1, 0.15) is 86.8 Å². The molecule has 5 saturated heterocycles. The minimum absolute atomic E-state index is 0.0541. The Morgan fingerprint density at radius 1 is 0.905 bits per heavy atom. The zero-order valence-electron chi connectivity index (χ0n) is 36.3. The normalized spacial score (nSPS) is 22.9. The number of benzene rings is 2. The van der Waals surface area contributed by atoms with Crippen molar-refractivity contribution < 1.29 is 23.6 Å². The number of nitrogens with one attached hydrogen (secondary N) is 2. The summed E-state index contributed by atoms with van der Waals surface area (Å²) in [5.41, 5.74) is 9.32. The number of carbonyl (C=O) groups is 4. The van der Waals surface area contributed by atoms with Crippen LogP contribution in [0.25, 0.3) is 10.9 Å². The molecule has 9 rings (SSSR count). The molecule has 2 aromatic carbocycles. The predicted octanol–water partition coefficient (Wildman–Crippen LogP) is 3.92. The van der Waals surface area contributed by atoms with E-state index in [1.807, 2.05) is 21.5 Å². The zero-order valence-corrected chi connectivity index (χ0v) is 36.3. The standard InChI is InChI=1S/C45H58FN13O4/c1-3-5-29-15-19-59(44(29)63)32-6-4-16-58(27-32)45-50-42(40(41(47)61)51-52-45)48-30-7-11-36(35(46)24-30)57-22-20-55(21-23-57)26-28-13-17-56(18-14-28)31-8-9-33-37(25-31)54(2)53-39(33)34-10-12-38(60)49-43(34)62/h7-9,11,24-25,28-29,32,34H,3-6,10,12-23,26-27H2,1-2H3,(H2,47,61)(H,48,50,52)(H,49,60,62)/t29?,32-,34?/m1/s1. The van der Waals surface area contributed by atoms with Crippen LogP contribution in [0.2, 0.25) is 0 Å². The molecular formula is C45H58FN13O4. The topological polar surface area (TPSA) is 191 Å². The number of piperidine rings is 3. The fourth-order valence-electron chi connectivity index (χ4n) is 10.4. The molecular weight excluding hydrogens is 806 g/mol. The van der Waals surface area contributed by atoms with E-state index in [-0.39, 0.29) is 47.0 Å². The lowest BCUT2D eigenvalue weighted by Crippen LogP contribution is -2.49. The molecule has 0 saturated carbocycles. The molecule has 2 unspecified atom stereocenters. The second kappa shape index (κ2) is 18.1. The van der Waals surface area contributed by atoms with Gasteiger partial charge in [0.15, 0.2) is 11.5 Å². The molecule has 0 bridgehead atoms. The number of amides is 4. The number of nitrogens with zero attached hydrogens (tertiary/aromatic N) is 10. The molecule has 5 aliphatic rings. The molecule has 4 N–H and O–H groups in total. The first-order chi connectivity index (χ1) is 30.5. The zero-order chi connectivity index (χ0) is 43.8. The molecule has 0 radical (unpaired) electrons. The number of carbonyl (C=O) groups excluding carboxylic acids is 4. The Morgan fingerprint density at radius 2 is 1.71 bits per heavy atom. The van der Waals surface area contributed by atoms with Crippen molar-refractivity contribution in [3.8, 4) is 0 Å². The van der Waals surface area contributed by atoms with Gasteiger partial charge >= 0.3 is 0 Å². The first-order valence-corrected chi connectivity index (χ1v) is 22.7. The van der Waals surface area contributed by atoms with Crippen molar-refractivity contribution in [3.63, 3.8) is 0 Å². The number of nitrogens with two attached hydrogens (primary N) is 1. The van der Waals surface area contributed by atoms with E-state index in [1.165, 1.54) is 6.07 Å². The Morgan fingerprint density at radius 3 is 2.46 bits per heavy atom. The molecule has 0 spiro atoms. The summed E-state index contributed by atoms with van der Waals surface area (Å²) in [6.07, 6.45) is 7.51. The summed E-state index contributed by atoms with van der Waals surface area (Å²) in [5.74, 6) is -0.759. The van der Waals surface area contributed by atoms with E-state index in [4.69, 9.17) is 10.8 Å². The molecule has 17 nitrogen and oxygen atoms in total. The molecule has 0 aliphatic carbocycles. The number of primary amides is 1. The fourth-order valence-corrected chi connectivity index (χ4v) is 10.4. The molecule has 4 amide bonds. The molecule has 3 atom stereocenters. The van der Waals surface area contributed by atoms with Gasteiger partial charge in [0.2, 0.25) is 23.7 Å². The van der Waals surface area contributed by atoms with Gasteiger partial charge in [-0.15, -0.1) is 10.2 Å². The van der Waals surface area contributed by atoms with Crippen LogP contribution < -0.4 is 31.1 Å². The van der Waals surface area contributed by atoms with E-state index in [9.17, 15) is 19.2 Å². The highest BCUT2D eigenvalue weighted by Gasteiger charge is 2.38. The van der Waals surface area contributed by atoms with Crippen LogP contribution in [0.3, 0.4) is 0 Å². The smallest absolute Gasteiger partial charge is 0.273 e. The van der Waals surface area contributed by atoms with Gasteiger partial charge in [0.25, 0.3) is 5.91 Å². The average Bonchev–Trinajstić information content (AvgIpc) is 3.82. The number of rotatable bonds is 12. The lowest BCUT2D eigenvalue weighted by molar-refractivity contribution is -0.135. The van der Waals surface area contributed by atoms with Crippen LogP contribution in [0.5, 0.6) is 0 Å². The largest absolute Gasteiger partial charge is 0.371 e. The lowest BCUT2D eigenvalue weighted by Gasteiger charge is -2.40. The van der Waals surface area contributed by atoms with Crippen LogP contribution in [-0.4, -0.2) is 130 Å². The number of hydrogen-bond acceptors (Lipinski definition) is 13. The van der Waals surface area contributed by atoms with Crippen molar-refractivity contribution in [2.45, 2.75) is 76.7 Å². The van der Waals surface area contributed by atoms with Crippen molar-refractivity contribution >= 4 is 63.4 Å². The molecule has 5 fully saturated rings. The maximum atomic E-state index is 15.8. The maximum Gasteiger partial charge on any atom is 0.273 e. The summed E-state index contributed by atoms with van der Waals surface area (Å²) in [6.45, 7) is 10.1. The highest BCUT2D eigenvalue weighted by atomic mass is 19.1. The molecule has 2 aromatic heterocycles. The molecule has 334 valence electrons. The quantitative estimate of drug-likeness (QED) is 0.174. The van der Waals surface area contributed by atoms with Crippen molar-refractivity contribution in [2.75, 3.05) is 85.5 Å². The fraction of sp³-hybridized carbons (Fsp3) is 0.556. The molecule has 7 heterocycles. The molecule has 5 aliphatic heterocycles. The van der Waals surface area contributed by atoms with E-state index in [1.54, 1.807) is 12.1 Å². The van der Waals surface area contributed by atoms with Gasteiger partial charge in [-0.2, -0.15) is 10.1 Å². The molecule has 18 heteroatoms. The van der Waals surface area contributed by atoms with Gasteiger partial charge in [0.1, 0.15) is 5.82 Å². The van der Waals surface area contributed by atoms with Crippen molar-refractivity contribution in [1.82, 2.24) is 40.1 Å². The van der Waals surface area contributed by atoms with Crippen LogP contribution in [-0.2, 0) is 21.4 Å². The summed E-state index contributed by atoms with van der Waals surface area (Å²) >= 11 is 0. The number of piperazine rings is 1. The average molecular weight is 864 g/mol. The number of anilines is 5. The first kappa shape index (κ1) is 42.4. The summed E-state index contributed by atoms with van der Waals surface area (Å²) in [5, 5.41) is 19.6. The number of hydrogen-bond donors (Lipinski definition) is 3. The van der Waals surface area contributed by atoms with Crippen LogP contribution in [0.15, 0.2) is 36.4 Å². The Balaban J connectivity index is 0.771. The summed E-state index contributed by atoms with van der Waals surface area (Å²) in [6, 6.07) is 11.3. The Kier molecular flexibility index (Phi) is 12.2. The maximum absolute atomic E-state index is 15.8. The summed E-state index contributed by atoms with van der Waals surface area (Å²) in [4.78, 5) is 65.5. The predicted molar refractivity (Wildman–Crippen MR) is 237 cm³/mol. The number of likely N-dealkylation sites (tertiary alicyclic amines) is 1. The van der Waals surface area contributed by atoms with Crippen molar-refractivity contribution in [3.05, 3.63) is 53.6 Å². The van der Waals surface area contributed by atoms with Gasteiger partial charge < -0.3 is 30.7 Å². The third-order valence-electron chi connectivity index (χ3n) is 13.9. The van der Waals surface area contributed by atoms with E-state index in [0.717, 1.165) is 106 Å². The Labute approximate surface area is 366 Å². The minimum atomic E-state index is -0.795. The highest BCUT2D eigenvalue weighted by molar-refractivity contribution is 6.02. The van der Waals surface area contributed by atoms with Crippen LogP contribution >= 0.6 is 0 Å². The van der Waals surface area contributed by atoms with Gasteiger partial charge in [0.05, 0.1) is 22.8 Å². The van der Waals surface area contributed by atoms with Crippen LogP contribution in [0.4, 0.5) is 33.2 Å². The monoisotopic (exact) mass is 863 g/mol. The molecule has 4 aromatic rings. The van der Waals surface area contributed by atoms with Gasteiger partial charge in [0, 0.05) is 108 Å². The third-order valence-corrected chi connectivity index (χ3v) is 13.9. The van der Waals surface area contributed by atoms with Crippen molar-refractivity contribution in [1.29, 1.82) is 0 Å². The number of halogens is 1. The highest BCUT2D eigenvalue weighted by Crippen LogP contribution is 2.35. The first-order valence-electron chi connectivity index (χ1n) is 22.7. The third kappa shape index (κ3) is 8.86. The Hall–Kier alpha value is -5.91. The van der Waals surface area contributed by atoms with E-state index in [0.29, 0.717) is 62.3 Å². The SMILES string of the molecule is CCCC1CCN([C@@H]2CCCN(c3nnc(C(N)=O)c(Nc4ccc(N5CCN(CC6CCN(c7ccc8c(C9CCC(=O)NC9=O)nn(C)c8c7)CC6)CC5)c(F)c4)n3)C2)C1=O. The lowest BCUT2D eigenvalue weighted by atomic mass is 9.92. The molecule has 63 heavy (non-hydrogen) atoms. The summed E-state index contributed by atoms with van der Waals surface area (Å²) in [7, 11) is 1.90. The minimum Gasteiger partial charge on any atom is -0.371 e. The van der Waals surface area contributed by atoms with Gasteiger partial charge in [-0.05, 0) is 87.3 Å². The van der Waals surface area contributed by atoms with Crippen LogP contribution in [0, 0.1) is 17.7 Å². The van der Waals surface area contributed by atoms with Gasteiger partial charge in [-0.25, -0.2) is 4.39 Å². The van der Waals surface area contributed by atoms with E-state index in [2.05, 4.69) is 65.6 Å². The van der Waals surface area contributed by atoms with Gasteiger partial charge in [-0.1, -0.05) is 13.3 Å². The van der Waals surface area contributed by atoms with Crippen molar-refractivity contribution in [2.24, 2.45) is 24.6 Å². The van der Waals surface area contributed by atoms with Gasteiger partial charge in [-0.3, -0.25) is 34.1 Å². The Bertz CT molecular complexity index is 2380. The number of fused-ring (bicyclic) bond motifs is 1. The second-order valence-electron chi connectivity index (χ2n) is 17.9. The summed E-state index contributed by atoms with van der Waals surface area (Å²) < 4.78 is 17.7.